The van der Waals surface area contributed by atoms with Crippen LogP contribution in [0.15, 0.2) is 59.1 Å². The molecule has 0 fully saturated rings. The number of benzene rings is 2. The second-order valence-corrected chi connectivity index (χ2v) is 8.98. The Morgan fingerprint density at radius 3 is 2.53 bits per heavy atom. The van der Waals surface area contributed by atoms with Crippen LogP contribution in [0, 0.1) is 15.5 Å². The summed E-state index contributed by atoms with van der Waals surface area (Å²) in [4.78, 5) is 29.9. The van der Waals surface area contributed by atoms with Gasteiger partial charge in [0.2, 0.25) is 17.6 Å². The quantitative estimate of drug-likeness (QED) is 0.355. The molecular formula is C24H28N4O4. The summed E-state index contributed by atoms with van der Waals surface area (Å²) < 4.78 is 5.37. The lowest BCUT2D eigenvalue weighted by atomic mass is 9.91. The smallest absolute Gasteiger partial charge is 0.270 e. The molecule has 2 aromatic carbocycles. The maximum atomic E-state index is 13.1. The van der Waals surface area contributed by atoms with E-state index in [9.17, 15) is 14.9 Å². The number of nitro benzene ring substituents is 1. The first-order chi connectivity index (χ1) is 15.1. The SMILES string of the molecule is C[C@H](c1ccccc1)N(CCc1nc(-c2cccc([N+](=O)[O-])c2)no1)C(=O)CC(C)(C)C. The summed E-state index contributed by atoms with van der Waals surface area (Å²) in [6, 6.07) is 15.9. The number of hydrogen-bond acceptors (Lipinski definition) is 6. The molecular weight excluding hydrogens is 408 g/mol. The Labute approximate surface area is 187 Å². The normalized spacial score (nSPS) is 12.4. The number of carbonyl (C=O) groups excluding carboxylic acids is 1. The Morgan fingerprint density at radius 1 is 1.16 bits per heavy atom. The molecule has 0 saturated heterocycles. The van der Waals surface area contributed by atoms with Crippen molar-refractivity contribution in [3.63, 3.8) is 0 Å². The molecule has 0 radical (unpaired) electrons. The van der Waals surface area contributed by atoms with Crippen LogP contribution in [0.3, 0.4) is 0 Å². The minimum Gasteiger partial charge on any atom is -0.339 e. The van der Waals surface area contributed by atoms with Crippen LogP contribution < -0.4 is 0 Å². The lowest BCUT2D eigenvalue weighted by molar-refractivity contribution is -0.384. The van der Waals surface area contributed by atoms with E-state index in [2.05, 4.69) is 10.1 Å². The van der Waals surface area contributed by atoms with Crippen molar-refractivity contribution in [2.45, 2.75) is 46.6 Å². The van der Waals surface area contributed by atoms with Crippen molar-refractivity contribution >= 4 is 11.6 Å². The van der Waals surface area contributed by atoms with Gasteiger partial charge in [0.25, 0.3) is 5.69 Å². The predicted molar refractivity (Wildman–Crippen MR) is 121 cm³/mol. The molecule has 0 spiro atoms. The third kappa shape index (κ3) is 6.00. The van der Waals surface area contributed by atoms with Gasteiger partial charge in [-0.25, -0.2) is 0 Å². The summed E-state index contributed by atoms with van der Waals surface area (Å²) in [7, 11) is 0. The maximum Gasteiger partial charge on any atom is 0.270 e. The number of carbonyl (C=O) groups is 1. The fraction of sp³-hybridized carbons (Fsp3) is 0.375. The number of hydrogen-bond donors (Lipinski definition) is 0. The first kappa shape index (κ1) is 23.1. The van der Waals surface area contributed by atoms with E-state index in [0.29, 0.717) is 30.8 Å². The second-order valence-electron chi connectivity index (χ2n) is 8.98. The average Bonchev–Trinajstić information content (AvgIpc) is 3.22. The Kier molecular flexibility index (Phi) is 7.02. The predicted octanol–water partition coefficient (Wildman–Crippen LogP) is 5.21. The molecule has 0 aliphatic rings. The van der Waals surface area contributed by atoms with Gasteiger partial charge in [-0.15, -0.1) is 0 Å². The Hall–Kier alpha value is -3.55. The van der Waals surface area contributed by atoms with Crippen molar-refractivity contribution in [3.8, 4) is 11.4 Å². The molecule has 0 saturated carbocycles. The van der Waals surface area contributed by atoms with Crippen molar-refractivity contribution in [3.05, 3.63) is 76.2 Å². The lowest BCUT2D eigenvalue weighted by Crippen LogP contribution is -2.37. The number of aromatic nitrogens is 2. The molecule has 168 valence electrons. The third-order valence-electron chi connectivity index (χ3n) is 5.10. The van der Waals surface area contributed by atoms with E-state index in [1.165, 1.54) is 12.1 Å². The Bertz CT molecular complexity index is 1070. The largest absolute Gasteiger partial charge is 0.339 e. The zero-order valence-electron chi connectivity index (χ0n) is 18.8. The van der Waals surface area contributed by atoms with E-state index in [4.69, 9.17) is 4.52 Å². The summed E-state index contributed by atoms with van der Waals surface area (Å²) in [5.41, 5.74) is 1.39. The van der Waals surface area contributed by atoms with Gasteiger partial charge >= 0.3 is 0 Å². The summed E-state index contributed by atoms with van der Waals surface area (Å²) in [5, 5.41) is 15.0. The van der Waals surface area contributed by atoms with Crippen molar-refractivity contribution in [1.82, 2.24) is 15.0 Å². The Morgan fingerprint density at radius 2 is 1.88 bits per heavy atom. The Balaban J connectivity index is 1.77. The van der Waals surface area contributed by atoms with Gasteiger partial charge in [0.1, 0.15) is 0 Å². The van der Waals surface area contributed by atoms with Gasteiger partial charge in [-0.1, -0.05) is 68.4 Å². The zero-order chi connectivity index (χ0) is 23.3. The molecule has 3 aromatic rings. The average molecular weight is 437 g/mol. The second kappa shape index (κ2) is 9.72. The fourth-order valence-corrected chi connectivity index (χ4v) is 3.45. The highest BCUT2D eigenvalue weighted by atomic mass is 16.6. The van der Waals surface area contributed by atoms with E-state index in [0.717, 1.165) is 5.56 Å². The standard InChI is InChI=1S/C24H28N4O4/c1-17(18-9-6-5-7-10-18)27(22(29)16-24(2,3)4)14-13-21-25-23(26-32-21)19-11-8-12-20(15-19)28(30)31/h5-12,15,17H,13-14,16H2,1-4H3/t17-/m1/s1. The van der Waals surface area contributed by atoms with Crippen LogP contribution in [0.5, 0.6) is 0 Å². The van der Waals surface area contributed by atoms with Crippen molar-refractivity contribution < 1.29 is 14.2 Å². The summed E-state index contributed by atoms with van der Waals surface area (Å²) in [5.74, 6) is 0.722. The zero-order valence-corrected chi connectivity index (χ0v) is 18.8. The molecule has 3 rings (SSSR count). The summed E-state index contributed by atoms with van der Waals surface area (Å²) >= 11 is 0. The van der Waals surface area contributed by atoms with Crippen LogP contribution in [0.4, 0.5) is 5.69 Å². The van der Waals surface area contributed by atoms with Crippen molar-refractivity contribution in [2.75, 3.05) is 6.54 Å². The van der Waals surface area contributed by atoms with Gasteiger partial charge in [0.15, 0.2) is 0 Å². The van der Waals surface area contributed by atoms with E-state index in [1.54, 1.807) is 12.1 Å². The minimum atomic E-state index is -0.464. The van der Waals surface area contributed by atoms with E-state index < -0.39 is 4.92 Å². The molecule has 0 bridgehead atoms. The molecule has 32 heavy (non-hydrogen) atoms. The van der Waals surface area contributed by atoms with E-state index in [-0.39, 0.29) is 28.9 Å². The van der Waals surface area contributed by atoms with Crippen LogP contribution in [0.25, 0.3) is 11.4 Å². The molecule has 0 aliphatic heterocycles. The molecule has 0 unspecified atom stereocenters. The monoisotopic (exact) mass is 436 g/mol. The number of non-ortho nitro benzene ring substituents is 1. The molecule has 1 heterocycles. The van der Waals surface area contributed by atoms with Crippen LogP contribution in [-0.4, -0.2) is 32.4 Å². The highest BCUT2D eigenvalue weighted by molar-refractivity contribution is 5.77. The van der Waals surface area contributed by atoms with E-state index in [1.807, 2.05) is 62.9 Å². The van der Waals surface area contributed by atoms with Gasteiger partial charge in [-0.2, -0.15) is 4.98 Å². The molecule has 0 aliphatic carbocycles. The first-order valence-corrected chi connectivity index (χ1v) is 10.6. The number of amides is 1. The minimum absolute atomic E-state index is 0.0375. The molecule has 1 amide bonds. The van der Waals surface area contributed by atoms with E-state index >= 15 is 0 Å². The summed E-state index contributed by atoms with van der Waals surface area (Å²) in [6.07, 6.45) is 0.807. The molecule has 0 N–H and O–H groups in total. The van der Waals surface area contributed by atoms with Gasteiger partial charge < -0.3 is 9.42 Å². The van der Waals surface area contributed by atoms with Crippen LogP contribution in [-0.2, 0) is 11.2 Å². The van der Waals surface area contributed by atoms with Crippen LogP contribution in [0.2, 0.25) is 0 Å². The molecule has 1 aromatic heterocycles. The van der Waals surface area contributed by atoms with Gasteiger partial charge in [0.05, 0.1) is 11.0 Å². The molecule has 1 atom stereocenters. The van der Waals surface area contributed by atoms with Crippen molar-refractivity contribution in [1.29, 1.82) is 0 Å². The fourth-order valence-electron chi connectivity index (χ4n) is 3.45. The first-order valence-electron chi connectivity index (χ1n) is 10.6. The van der Waals surface area contributed by atoms with Crippen molar-refractivity contribution in [2.24, 2.45) is 5.41 Å². The molecule has 8 heteroatoms. The van der Waals surface area contributed by atoms with Gasteiger partial charge in [-0.05, 0) is 17.9 Å². The highest BCUT2D eigenvalue weighted by Gasteiger charge is 2.26. The van der Waals surface area contributed by atoms with Gasteiger partial charge in [0, 0.05) is 37.1 Å². The van der Waals surface area contributed by atoms with Crippen LogP contribution >= 0.6 is 0 Å². The lowest BCUT2D eigenvalue weighted by Gasteiger charge is -2.32. The number of nitrogens with zero attached hydrogens (tertiary/aromatic N) is 4. The topological polar surface area (TPSA) is 102 Å². The number of rotatable bonds is 8. The maximum absolute atomic E-state index is 13.1. The summed E-state index contributed by atoms with van der Waals surface area (Å²) in [6.45, 7) is 8.55. The highest BCUT2D eigenvalue weighted by Crippen LogP contribution is 2.26. The molecule has 8 nitrogen and oxygen atoms in total. The van der Waals surface area contributed by atoms with Crippen LogP contribution in [0.1, 0.15) is 51.6 Å². The third-order valence-corrected chi connectivity index (χ3v) is 5.10. The van der Waals surface area contributed by atoms with Gasteiger partial charge in [-0.3, -0.25) is 14.9 Å². The number of nitro groups is 1.